The van der Waals surface area contributed by atoms with Crippen molar-refractivity contribution >= 4 is 21.6 Å². The van der Waals surface area contributed by atoms with Gasteiger partial charge in [0.05, 0.1) is 0 Å². The fourth-order valence-corrected chi connectivity index (χ4v) is 1.47. The SMILES string of the molecule is Nc1cc(-c2ccc[nH]2)ccc1Br. The summed E-state index contributed by atoms with van der Waals surface area (Å²) < 4.78 is 0.933. The van der Waals surface area contributed by atoms with Crippen molar-refractivity contribution in [1.29, 1.82) is 0 Å². The van der Waals surface area contributed by atoms with Gasteiger partial charge in [0.2, 0.25) is 0 Å². The van der Waals surface area contributed by atoms with Crippen molar-refractivity contribution in [3.05, 3.63) is 41.0 Å². The summed E-state index contributed by atoms with van der Waals surface area (Å²) in [6, 6.07) is 9.89. The summed E-state index contributed by atoms with van der Waals surface area (Å²) in [5, 5.41) is 0. The number of aromatic amines is 1. The van der Waals surface area contributed by atoms with Gasteiger partial charge in [-0.25, -0.2) is 0 Å². The summed E-state index contributed by atoms with van der Waals surface area (Å²) in [6.07, 6.45) is 1.90. The topological polar surface area (TPSA) is 41.8 Å². The van der Waals surface area contributed by atoms with E-state index in [0.717, 1.165) is 21.4 Å². The maximum absolute atomic E-state index is 5.77. The van der Waals surface area contributed by atoms with E-state index in [9.17, 15) is 0 Å². The van der Waals surface area contributed by atoms with Crippen LogP contribution in [0.4, 0.5) is 5.69 Å². The van der Waals surface area contributed by atoms with Gasteiger partial charge in [0.25, 0.3) is 0 Å². The quantitative estimate of drug-likeness (QED) is 0.735. The number of anilines is 1. The maximum Gasteiger partial charge on any atom is 0.0465 e. The number of nitrogens with one attached hydrogen (secondary N) is 1. The zero-order valence-corrected chi connectivity index (χ0v) is 8.51. The van der Waals surface area contributed by atoms with E-state index in [1.807, 2.05) is 36.5 Å². The summed E-state index contributed by atoms with van der Waals surface area (Å²) >= 11 is 3.36. The Hall–Kier alpha value is -1.22. The van der Waals surface area contributed by atoms with Crippen molar-refractivity contribution < 1.29 is 0 Å². The Balaban J connectivity index is 2.49. The molecule has 0 aliphatic carbocycles. The van der Waals surface area contributed by atoms with Crippen LogP contribution in [0.5, 0.6) is 0 Å². The number of benzene rings is 1. The molecule has 1 aromatic heterocycles. The highest BCUT2D eigenvalue weighted by atomic mass is 79.9. The average molecular weight is 237 g/mol. The molecule has 3 N–H and O–H groups in total. The first-order valence-corrected chi connectivity index (χ1v) is 4.75. The fraction of sp³-hybridized carbons (Fsp3) is 0. The molecule has 3 heteroatoms. The van der Waals surface area contributed by atoms with E-state index in [0.29, 0.717) is 0 Å². The van der Waals surface area contributed by atoms with Crippen molar-refractivity contribution in [2.75, 3.05) is 5.73 Å². The van der Waals surface area contributed by atoms with Gasteiger partial charge in [-0.1, -0.05) is 6.07 Å². The van der Waals surface area contributed by atoms with Crippen molar-refractivity contribution in [3.63, 3.8) is 0 Å². The molecule has 0 amide bonds. The minimum Gasteiger partial charge on any atom is -0.398 e. The normalized spacial score (nSPS) is 10.2. The van der Waals surface area contributed by atoms with Gasteiger partial charge in [-0.2, -0.15) is 0 Å². The molecule has 0 saturated carbocycles. The highest BCUT2D eigenvalue weighted by molar-refractivity contribution is 9.10. The summed E-state index contributed by atoms with van der Waals surface area (Å²) in [6.45, 7) is 0. The molecule has 0 radical (unpaired) electrons. The highest BCUT2D eigenvalue weighted by Crippen LogP contribution is 2.25. The van der Waals surface area contributed by atoms with Crippen LogP contribution in [0.1, 0.15) is 0 Å². The molecule has 0 atom stereocenters. The van der Waals surface area contributed by atoms with Gasteiger partial charge in [0.1, 0.15) is 0 Å². The Kier molecular flexibility index (Phi) is 2.10. The monoisotopic (exact) mass is 236 g/mol. The molecule has 0 bridgehead atoms. The lowest BCUT2D eigenvalue weighted by Crippen LogP contribution is -1.87. The van der Waals surface area contributed by atoms with Gasteiger partial charge in [-0.3, -0.25) is 0 Å². The molecule has 1 heterocycles. The molecule has 0 saturated heterocycles. The van der Waals surface area contributed by atoms with Crippen molar-refractivity contribution in [2.45, 2.75) is 0 Å². The second-order valence-corrected chi connectivity index (χ2v) is 3.67. The second kappa shape index (κ2) is 3.26. The number of nitrogens with two attached hydrogens (primary N) is 1. The van der Waals surface area contributed by atoms with E-state index in [-0.39, 0.29) is 0 Å². The minimum atomic E-state index is 0.757. The molecular weight excluding hydrogens is 228 g/mol. The molecule has 0 unspecified atom stereocenters. The van der Waals surface area contributed by atoms with E-state index < -0.39 is 0 Å². The van der Waals surface area contributed by atoms with Crippen LogP contribution in [0.3, 0.4) is 0 Å². The molecule has 2 nitrogen and oxygen atoms in total. The van der Waals surface area contributed by atoms with E-state index in [1.54, 1.807) is 0 Å². The van der Waals surface area contributed by atoms with Crippen LogP contribution >= 0.6 is 15.9 Å². The molecule has 0 aliphatic heterocycles. The molecule has 2 rings (SSSR count). The maximum atomic E-state index is 5.77. The lowest BCUT2D eigenvalue weighted by atomic mass is 10.1. The second-order valence-electron chi connectivity index (χ2n) is 2.82. The third-order valence-electron chi connectivity index (χ3n) is 1.90. The Morgan fingerprint density at radius 1 is 1.23 bits per heavy atom. The Morgan fingerprint density at radius 3 is 2.69 bits per heavy atom. The standard InChI is InChI=1S/C10H9BrN2/c11-8-4-3-7(6-9(8)12)10-2-1-5-13-10/h1-6,13H,12H2. The number of halogens is 1. The Morgan fingerprint density at radius 2 is 2.08 bits per heavy atom. The summed E-state index contributed by atoms with van der Waals surface area (Å²) in [5.74, 6) is 0. The van der Waals surface area contributed by atoms with Gasteiger partial charge < -0.3 is 10.7 Å². The van der Waals surface area contributed by atoms with Crippen LogP contribution in [0.2, 0.25) is 0 Å². The van der Waals surface area contributed by atoms with Crippen LogP contribution < -0.4 is 5.73 Å². The van der Waals surface area contributed by atoms with E-state index in [4.69, 9.17) is 5.73 Å². The molecular formula is C10H9BrN2. The van der Waals surface area contributed by atoms with Gasteiger partial charge in [0.15, 0.2) is 0 Å². The van der Waals surface area contributed by atoms with Gasteiger partial charge in [-0.15, -0.1) is 0 Å². The molecule has 0 fully saturated rings. The number of aromatic nitrogens is 1. The lowest BCUT2D eigenvalue weighted by molar-refractivity contribution is 1.40. The third-order valence-corrected chi connectivity index (χ3v) is 2.63. The fourth-order valence-electron chi connectivity index (χ4n) is 1.22. The zero-order chi connectivity index (χ0) is 9.26. The number of rotatable bonds is 1. The molecule has 66 valence electrons. The van der Waals surface area contributed by atoms with Crippen LogP contribution in [-0.2, 0) is 0 Å². The summed E-state index contributed by atoms with van der Waals surface area (Å²) in [7, 11) is 0. The number of nitrogen functional groups attached to an aromatic ring is 1. The van der Waals surface area contributed by atoms with Crippen molar-refractivity contribution in [2.24, 2.45) is 0 Å². The van der Waals surface area contributed by atoms with Gasteiger partial charge >= 0.3 is 0 Å². The van der Waals surface area contributed by atoms with E-state index >= 15 is 0 Å². The Bertz CT molecular complexity index is 407. The molecule has 0 spiro atoms. The molecule has 1 aromatic carbocycles. The van der Waals surface area contributed by atoms with Crippen molar-refractivity contribution in [1.82, 2.24) is 4.98 Å². The van der Waals surface area contributed by atoms with Gasteiger partial charge in [-0.05, 0) is 40.2 Å². The first-order chi connectivity index (χ1) is 6.27. The number of hydrogen-bond donors (Lipinski definition) is 2. The Labute approximate surface area is 84.9 Å². The van der Waals surface area contributed by atoms with Crippen molar-refractivity contribution in [3.8, 4) is 11.3 Å². The van der Waals surface area contributed by atoms with Crippen LogP contribution in [0, 0.1) is 0 Å². The molecule has 2 aromatic rings. The van der Waals surface area contributed by atoms with E-state index in [2.05, 4.69) is 20.9 Å². The van der Waals surface area contributed by atoms with Crippen LogP contribution in [0.15, 0.2) is 41.0 Å². The molecule has 13 heavy (non-hydrogen) atoms. The lowest BCUT2D eigenvalue weighted by Gasteiger charge is -2.01. The minimum absolute atomic E-state index is 0.757. The van der Waals surface area contributed by atoms with E-state index in [1.165, 1.54) is 0 Å². The third kappa shape index (κ3) is 1.60. The summed E-state index contributed by atoms with van der Waals surface area (Å²) in [5.41, 5.74) is 8.71. The predicted octanol–water partition coefficient (Wildman–Crippen LogP) is 3.03. The smallest absolute Gasteiger partial charge is 0.0465 e. The highest BCUT2D eigenvalue weighted by Gasteiger charge is 2.00. The first kappa shape index (κ1) is 8.38. The average Bonchev–Trinajstić information content (AvgIpc) is 2.62. The number of H-pyrrole nitrogens is 1. The first-order valence-electron chi connectivity index (χ1n) is 3.96. The molecule has 0 aliphatic rings. The summed E-state index contributed by atoms with van der Waals surface area (Å²) in [4.78, 5) is 3.13. The predicted molar refractivity (Wildman–Crippen MR) is 58.3 cm³/mol. The van der Waals surface area contributed by atoms with Crippen LogP contribution in [0.25, 0.3) is 11.3 Å². The van der Waals surface area contributed by atoms with Gasteiger partial charge in [0, 0.05) is 27.6 Å². The van der Waals surface area contributed by atoms with Crippen LogP contribution in [-0.4, -0.2) is 4.98 Å². The zero-order valence-electron chi connectivity index (χ0n) is 6.92. The number of hydrogen-bond acceptors (Lipinski definition) is 1. The largest absolute Gasteiger partial charge is 0.398 e.